The molecule has 0 aliphatic carbocycles. The van der Waals surface area contributed by atoms with Crippen LogP contribution in [0.15, 0.2) is 30.5 Å². The topological polar surface area (TPSA) is 31.1 Å². The molecule has 3 heteroatoms. The Morgan fingerprint density at radius 2 is 2.12 bits per heavy atom. The molecule has 1 heterocycles. The van der Waals surface area contributed by atoms with E-state index in [0.717, 1.165) is 19.6 Å². The standard InChI is InChI=1S/C13H19N3/c1-16(2)8-7-14-10-11-3-4-12-5-6-15-13(12)9-11/h3-6,9,14-15H,7-8,10H2,1-2H3. The fraction of sp³-hybridized carbons (Fsp3) is 0.385. The SMILES string of the molecule is CN(C)CCNCc1ccc2cc[nH]c2c1. The average molecular weight is 217 g/mol. The number of H-pyrrole nitrogens is 1. The minimum absolute atomic E-state index is 0.933. The molecule has 0 fully saturated rings. The van der Waals surface area contributed by atoms with Gasteiger partial charge >= 0.3 is 0 Å². The Morgan fingerprint density at radius 3 is 2.94 bits per heavy atom. The number of aromatic amines is 1. The van der Waals surface area contributed by atoms with Gasteiger partial charge in [0.05, 0.1) is 0 Å². The molecule has 1 aromatic heterocycles. The van der Waals surface area contributed by atoms with Crippen LogP contribution >= 0.6 is 0 Å². The van der Waals surface area contributed by atoms with Gasteiger partial charge in [-0.2, -0.15) is 0 Å². The molecule has 2 N–H and O–H groups in total. The Hall–Kier alpha value is -1.32. The summed E-state index contributed by atoms with van der Waals surface area (Å²) in [6, 6.07) is 8.64. The van der Waals surface area contributed by atoms with E-state index in [1.54, 1.807) is 0 Å². The highest BCUT2D eigenvalue weighted by Crippen LogP contribution is 2.13. The zero-order valence-electron chi connectivity index (χ0n) is 9.96. The van der Waals surface area contributed by atoms with E-state index in [4.69, 9.17) is 0 Å². The molecular formula is C13H19N3. The molecule has 16 heavy (non-hydrogen) atoms. The van der Waals surface area contributed by atoms with Crippen LogP contribution in [0.2, 0.25) is 0 Å². The fourth-order valence-electron chi connectivity index (χ4n) is 1.74. The van der Waals surface area contributed by atoms with Crippen molar-refractivity contribution < 1.29 is 0 Å². The normalized spacial score (nSPS) is 11.4. The minimum Gasteiger partial charge on any atom is -0.361 e. The van der Waals surface area contributed by atoms with Crippen LogP contribution in [-0.2, 0) is 6.54 Å². The number of hydrogen-bond donors (Lipinski definition) is 2. The van der Waals surface area contributed by atoms with Gasteiger partial charge in [0.2, 0.25) is 0 Å². The summed E-state index contributed by atoms with van der Waals surface area (Å²) in [6.45, 7) is 3.03. The largest absolute Gasteiger partial charge is 0.361 e. The van der Waals surface area contributed by atoms with Gasteiger partial charge in [-0.05, 0) is 37.2 Å². The molecule has 0 unspecified atom stereocenters. The summed E-state index contributed by atoms with van der Waals surface area (Å²) in [6.07, 6.45) is 1.98. The van der Waals surface area contributed by atoms with E-state index in [9.17, 15) is 0 Å². The van der Waals surface area contributed by atoms with E-state index in [0.29, 0.717) is 0 Å². The van der Waals surface area contributed by atoms with Crippen molar-refractivity contribution in [3.63, 3.8) is 0 Å². The molecule has 3 nitrogen and oxygen atoms in total. The Morgan fingerprint density at radius 1 is 1.25 bits per heavy atom. The van der Waals surface area contributed by atoms with Gasteiger partial charge in [-0.15, -0.1) is 0 Å². The molecule has 0 atom stereocenters. The highest BCUT2D eigenvalue weighted by Gasteiger charge is 1.97. The molecule has 2 aromatic rings. The first kappa shape index (κ1) is 11.2. The third kappa shape index (κ3) is 2.84. The maximum Gasteiger partial charge on any atom is 0.0457 e. The predicted molar refractivity (Wildman–Crippen MR) is 68.6 cm³/mol. The highest BCUT2D eigenvalue weighted by atomic mass is 15.1. The molecule has 0 saturated carbocycles. The summed E-state index contributed by atoms with van der Waals surface area (Å²) >= 11 is 0. The quantitative estimate of drug-likeness (QED) is 0.749. The monoisotopic (exact) mass is 217 g/mol. The Labute approximate surface area is 96.5 Å². The number of rotatable bonds is 5. The van der Waals surface area contributed by atoms with Crippen molar-refractivity contribution in [3.8, 4) is 0 Å². The summed E-state index contributed by atoms with van der Waals surface area (Å²) in [5.41, 5.74) is 2.54. The minimum atomic E-state index is 0.933. The maximum absolute atomic E-state index is 3.43. The molecular weight excluding hydrogens is 198 g/mol. The van der Waals surface area contributed by atoms with Crippen molar-refractivity contribution >= 4 is 10.9 Å². The summed E-state index contributed by atoms with van der Waals surface area (Å²) in [7, 11) is 4.18. The second kappa shape index (κ2) is 5.14. The molecule has 0 bridgehead atoms. The molecule has 0 radical (unpaired) electrons. The molecule has 86 valence electrons. The Bertz CT molecular complexity index is 445. The van der Waals surface area contributed by atoms with Gasteiger partial charge in [-0.1, -0.05) is 12.1 Å². The summed E-state index contributed by atoms with van der Waals surface area (Å²) in [4.78, 5) is 5.41. The number of benzene rings is 1. The van der Waals surface area contributed by atoms with E-state index in [-0.39, 0.29) is 0 Å². The smallest absolute Gasteiger partial charge is 0.0457 e. The molecule has 1 aromatic carbocycles. The number of nitrogens with zero attached hydrogens (tertiary/aromatic N) is 1. The van der Waals surface area contributed by atoms with E-state index in [1.165, 1.54) is 16.5 Å². The van der Waals surface area contributed by atoms with Crippen molar-refractivity contribution in [1.82, 2.24) is 15.2 Å². The third-order valence-electron chi connectivity index (χ3n) is 2.68. The second-order valence-corrected chi connectivity index (χ2v) is 4.38. The van der Waals surface area contributed by atoms with Gasteiger partial charge in [0.25, 0.3) is 0 Å². The van der Waals surface area contributed by atoms with Crippen LogP contribution in [0.4, 0.5) is 0 Å². The first-order valence-corrected chi connectivity index (χ1v) is 5.67. The number of likely N-dealkylation sites (N-methyl/N-ethyl adjacent to an activating group) is 1. The second-order valence-electron chi connectivity index (χ2n) is 4.38. The van der Waals surface area contributed by atoms with Gasteiger partial charge in [-0.25, -0.2) is 0 Å². The number of fused-ring (bicyclic) bond motifs is 1. The fourth-order valence-corrected chi connectivity index (χ4v) is 1.74. The van der Waals surface area contributed by atoms with Gasteiger partial charge in [0.1, 0.15) is 0 Å². The van der Waals surface area contributed by atoms with Crippen LogP contribution in [0.3, 0.4) is 0 Å². The lowest BCUT2D eigenvalue weighted by atomic mass is 10.1. The molecule has 2 rings (SSSR count). The number of aromatic nitrogens is 1. The predicted octanol–water partition coefficient (Wildman–Crippen LogP) is 1.82. The van der Waals surface area contributed by atoms with Crippen molar-refractivity contribution in [2.45, 2.75) is 6.54 Å². The van der Waals surface area contributed by atoms with E-state index >= 15 is 0 Å². The van der Waals surface area contributed by atoms with Gasteiger partial charge in [-0.3, -0.25) is 0 Å². The van der Waals surface area contributed by atoms with Crippen LogP contribution < -0.4 is 5.32 Å². The first-order chi connectivity index (χ1) is 7.75. The zero-order chi connectivity index (χ0) is 11.4. The summed E-state index contributed by atoms with van der Waals surface area (Å²) < 4.78 is 0. The van der Waals surface area contributed by atoms with E-state index in [1.807, 2.05) is 6.20 Å². The number of nitrogens with one attached hydrogen (secondary N) is 2. The Kier molecular flexibility index (Phi) is 3.59. The molecule has 0 saturated heterocycles. The number of hydrogen-bond acceptors (Lipinski definition) is 2. The summed E-state index contributed by atoms with van der Waals surface area (Å²) in [5, 5.41) is 4.71. The molecule has 0 aliphatic heterocycles. The van der Waals surface area contributed by atoms with Crippen molar-refractivity contribution in [3.05, 3.63) is 36.0 Å². The van der Waals surface area contributed by atoms with E-state index in [2.05, 4.69) is 53.6 Å². The van der Waals surface area contributed by atoms with Crippen molar-refractivity contribution in [2.24, 2.45) is 0 Å². The highest BCUT2D eigenvalue weighted by molar-refractivity contribution is 5.79. The lowest BCUT2D eigenvalue weighted by Gasteiger charge is -2.10. The van der Waals surface area contributed by atoms with Crippen LogP contribution in [0.25, 0.3) is 10.9 Å². The van der Waals surface area contributed by atoms with Crippen LogP contribution in [0.1, 0.15) is 5.56 Å². The first-order valence-electron chi connectivity index (χ1n) is 5.67. The molecule has 0 spiro atoms. The van der Waals surface area contributed by atoms with Crippen molar-refractivity contribution in [1.29, 1.82) is 0 Å². The van der Waals surface area contributed by atoms with Gasteiger partial charge < -0.3 is 15.2 Å². The maximum atomic E-state index is 3.43. The van der Waals surface area contributed by atoms with Gasteiger partial charge in [0.15, 0.2) is 0 Å². The van der Waals surface area contributed by atoms with Crippen LogP contribution in [-0.4, -0.2) is 37.1 Å². The average Bonchev–Trinajstić information content (AvgIpc) is 2.71. The molecule has 0 amide bonds. The third-order valence-corrected chi connectivity index (χ3v) is 2.68. The zero-order valence-corrected chi connectivity index (χ0v) is 9.96. The van der Waals surface area contributed by atoms with E-state index < -0.39 is 0 Å². The summed E-state index contributed by atoms with van der Waals surface area (Å²) in [5.74, 6) is 0. The van der Waals surface area contributed by atoms with Crippen LogP contribution in [0, 0.1) is 0 Å². The lowest BCUT2D eigenvalue weighted by molar-refractivity contribution is 0.400. The van der Waals surface area contributed by atoms with Gasteiger partial charge in [0, 0.05) is 31.3 Å². The van der Waals surface area contributed by atoms with Crippen molar-refractivity contribution in [2.75, 3.05) is 27.2 Å². The lowest BCUT2D eigenvalue weighted by Crippen LogP contribution is -2.26. The Balaban J connectivity index is 1.89. The molecule has 0 aliphatic rings. The van der Waals surface area contributed by atoms with Crippen LogP contribution in [0.5, 0.6) is 0 Å².